The number of nitriles is 1. The molecule has 4 heterocycles. The summed E-state index contributed by atoms with van der Waals surface area (Å²) in [4.78, 5) is 55.1. The fraction of sp³-hybridized carbons (Fsp3) is 0.379. The van der Waals surface area contributed by atoms with Gasteiger partial charge in [0.2, 0.25) is 0 Å². The number of nitrogens with one attached hydrogen (secondary N) is 2. The Hall–Kier alpha value is -5.04. The average Bonchev–Trinajstić information content (AvgIpc) is 2.97. The Morgan fingerprint density at radius 2 is 1.70 bits per heavy atom. The Labute approximate surface area is 251 Å². The molecule has 0 spiro atoms. The Balaban J connectivity index is 0.000000324. The van der Waals surface area contributed by atoms with Crippen molar-refractivity contribution in [3.05, 3.63) is 63.6 Å². The van der Waals surface area contributed by atoms with Gasteiger partial charge in [-0.3, -0.25) is 19.3 Å². The number of hydrogen-bond donors (Lipinski definition) is 6. The van der Waals surface area contributed by atoms with E-state index >= 15 is 0 Å². The number of carboxylic acid groups (broad SMARTS) is 3. The van der Waals surface area contributed by atoms with Crippen molar-refractivity contribution in [1.29, 1.82) is 5.26 Å². The summed E-state index contributed by atoms with van der Waals surface area (Å²) in [5, 5.41) is 47.2. The predicted octanol–water partition coefficient (Wildman–Crippen LogP) is 0.402. The van der Waals surface area contributed by atoms with Crippen LogP contribution in [0.5, 0.6) is 0 Å². The quantitative estimate of drug-likeness (QED) is 0.202. The van der Waals surface area contributed by atoms with Gasteiger partial charge >= 0.3 is 17.9 Å². The summed E-state index contributed by atoms with van der Waals surface area (Å²) in [6.45, 7) is 5.48. The maximum Gasteiger partial charge on any atom is 0.336 e. The lowest BCUT2D eigenvalue weighted by Crippen LogP contribution is -2.46. The summed E-state index contributed by atoms with van der Waals surface area (Å²) in [6.07, 6.45) is 1.19. The van der Waals surface area contributed by atoms with Crippen LogP contribution in [0.1, 0.15) is 36.0 Å². The number of fused-ring (bicyclic) bond motifs is 3. The molecule has 44 heavy (non-hydrogen) atoms. The molecule has 0 atom stereocenters. The Kier molecular flexibility index (Phi) is 11.0. The fourth-order valence-corrected chi connectivity index (χ4v) is 5.15. The molecule has 0 saturated carbocycles. The van der Waals surface area contributed by atoms with Gasteiger partial charge in [0.15, 0.2) is 5.60 Å². The Bertz CT molecular complexity index is 1590. The van der Waals surface area contributed by atoms with Gasteiger partial charge in [0.25, 0.3) is 5.56 Å². The first-order chi connectivity index (χ1) is 20.5. The molecule has 2 aromatic heterocycles. The maximum absolute atomic E-state index is 12.5. The van der Waals surface area contributed by atoms with Gasteiger partial charge in [-0.25, -0.2) is 9.78 Å². The second-order valence-corrected chi connectivity index (χ2v) is 10.5. The van der Waals surface area contributed by atoms with Crippen molar-refractivity contribution in [3.8, 4) is 6.07 Å². The number of piperazine rings is 1. The molecule has 1 fully saturated rings. The average molecular weight is 611 g/mol. The summed E-state index contributed by atoms with van der Waals surface area (Å²) in [5.41, 5.74) is 1.89. The molecule has 234 valence electrons. The molecule has 2 aliphatic heterocycles. The highest BCUT2D eigenvalue weighted by Gasteiger charge is 2.40. The third-order valence-corrected chi connectivity index (χ3v) is 7.35. The van der Waals surface area contributed by atoms with Gasteiger partial charge in [0.1, 0.15) is 11.9 Å². The normalized spacial score (nSPS) is 14.6. The van der Waals surface area contributed by atoms with Crippen LogP contribution in [-0.4, -0.2) is 97.0 Å². The van der Waals surface area contributed by atoms with E-state index < -0.39 is 36.4 Å². The number of aromatic nitrogens is 2. The van der Waals surface area contributed by atoms with Gasteiger partial charge in [0, 0.05) is 56.4 Å². The van der Waals surface area contributed by atoms with Gasteiger partial charge in [-0.2, -0.15) is 5.26 Å². The number of pyridine rings is 2. The van der Waals surface area contributed by atoms with Crippen LogP contribution in [0.2, 0.25) is 0 Å². The largest absolute Gasteiger partial charge is 0.481 e. The zero-order valence-electron chi connectivity index (χ0n) is 23.7. The minimum Gasteiger partial charge on any atom is -0.481 e. The number of carboxylic acids is 3. The Morgan fingerprint density at radius 1 is 1.02 bits per heavy atom. The van der Waals surface area contributed by atoms with E-state index in [9.17, 15) is 19.2 Å². The number of anilines is 2. The van der Waals surface area contributed by atoms with Gasteiger partial charge in [-0.15, -0.1) is 0 Å². The topological polar surface area (TPSA) is 252 Å². The second-order valence-electron chi connectivity index (χ2n) is 10.5. The van der Waals surface area contributed by atoms with E-state index in [1.165, 1.54) is 5.56 Å². The molecule has 1 aromatic carbocycles. The molecule has 0 radical (unpaired) electrons. The third kappa shape index (κ3) is 8.07. The van der Waals surface area contributed by atoms with E-state index in [0.29, 0.717) is 5.56 Å². The number of aliphatic hydroxyl groups is 1. The number of aromatic amines is 1. The highest BCUT2D eigenvalue weighted by molar-refractivity contribution is 5.93. The molecule has 15 heteroatoms. The van der Waals surface area contributed by atoms with Crippen LogP contribution in [0, 0.1) is 11.3 Å². The smallest absolute Gasteiger partial charge is 0.336 e. The number of nitrogens with zero attached hydrogens (tertiary/aromatic N) is 4. The second kappa shape index (κ2) is 14.4. The number of carbonyl (C=O) groups is 3. The molecule has 2 aliphatic rings. The van der Waals surface area contributed by atoms with Crippen molar-refractivity contribution in [3.63, 3.8) is 0 Å². The lowest BCUT2D eigenvalue weighted by Gasteiger charge is -2.35. The van der Waals surface area contributed by atoms with Crippen LogP contribution < -0.4 is 15.8 Å². The van der Waals surface area contributed by atoms with E-state index in [0.717, 1.165) is 80.1 Å². The van der Waals surface area contributed by atoms with E-state index in [1.807, 2.05) is 12.1 Å². The van der Waals surface area contributed by atoms with Crippen molar-refractivity contribution in [1.82, 2.24) is 14.9 Å². The molecule has 0 amide bonds. The molecule has 15 nitrogen and oxygen atoms in total. The van der Waals surface area contributed by atoms with E-state index in [4.69, 9.17) is 25.7 Å². The number of benzene rings is 1. The summed E-state index contributed by atoms with van der Waals surface area (Å²) in [7, 11) is 0. The van der Waals surface area contributed by atoms with Gasteiger partial charge in [-0.1, -0.05) is 12.1 Å². The van der Waals surface area contributed by atoms with Crippen molar-refractivity contribution < 1.29 is 40.3 Å². The highest BCUT2D eigenvalue weighted by Crippen LogP contribution is 2.28. The zero-order valence-corrected chi connectivity index (χ0v) is 23.7. The van der Waals surface area contributed by atoms with Crippen molar-refractivity contribution in [2.24, 2.45) is 0 Å². The first-order valence-electron chi connectivity index (χ1n) is 13.6. The van der Waals surface area contributed by atoms with Crippen molar-refractivity contribution in [2.45, 2.75) is 37.8 Å². The maximum atomic E-state index is 12.5. The van der Waals surface area contributed by atoms with Gasteiger partial charge in [0.05, 0.1) is 29.6 Å². The van der Waals surface area contributed by atoms with Crippen LogP contribution in [0.3, 0.4) is 0 Å². The van der Waals surface area contributed by atoms with Crippen LogP contribution in [-0.2, 0) is 27.3 Å². The number of hydrogen-bond acceptors (Lipinski definition) is 10. The van der Waals surface area contributed by atoms with Crippen LogP contribution in [0.25, 0.3) is 10.9 Å². The molecular weight excluding hydrogens is 576 g/mol. The molecule has 0 unspecified atom stereocenters. The first-order valence-corrected chi connectivity index (χ1v) is 13.6. The lowest BCUT2D eigenvalue weighted by atomic mass is 9.96. The standard InChI is InChI=1S/C23H24N6O.C6H8O7.H2O/c24-13-17-4-6-21(26-14-17)29-10-8-28(9-11-29)15-16-3-5-18-20(12-16)27-23(30)19-2-1-7-25-22(18)19;7-3(8)1-6(13,5(11)12)2-4(9)10;/h3-6,12,14,25H,1-2,7-11,15H2,(H,27,30);13H,1-2H2,(H,7,8)(H,9,10)(H,11,12);1H2. The van der Waals surface area contributed by atoms with Crippen LogP contribution in [0.4, 0.5) is 11.5 Å². The zero-order chi connectivity index (χ0) is 31.1. The summed E-state index contributed by atoms with van der Waals surface area (Å²) < 4.78 is 0. The Morgan fingerprint density at radius 3 is 2.27 bits per heavy atom. The minimum atomic E-state index is -2.74. The van der Waals surface area contributed by atoms with E-state index in [1.54, 1.807) is 6.20 Å². The molecule has 0 aliphatic carbocycles. The molecule has 8 N–H and O–H groups in total. The summed E-state index contributed by atoms with van der Waals surface area (Å²) in [6, 6.07) is 12.3. The van der Waals surface area contributed by atoms with Crippen LogP contribution in [0.15, 0.2) is 41.3 Å². The molecule has 0 bridgehead atoms. The van der Waals surface area contributed by atoms with Gasteiger partial charge in [-0.05, 0) is 36.6 Å². The molecule has 5 rings (SSSR count). The van der Waals surface area contributed by atoms with Crippen LogP contribution >= 0.6 is 0 Å². The van der Waals surface area contributed by atoms with E-state index in [2.05, 4.69) is 49.4 Å². The SMILES string of the molecule is N#Cc1ccc(N2CCN(Cc3ccc4c5c(c(=O)[nH]c4c3)CCCN5)CC2)nc1.O.O=C(O)CC(O)(CC(=O)O)C(=O)O. The minimum absolute atomic E-state index is 0. The fourth-order valence-electron chi connectivity index (χ4n) is 5.15. The van der Waals surface area contributed by atoms with Crippen molar-refractivity contribution >= 4 is 40.3 Å². The third-order valence-electron chi connectivity index (χ3n) is 7.35. The monoisotopic (exact) mass is 610 g/mol. The predicted molar refractivity (Wildman–Crippen MR) is 159 cm³/mol. The van der Waals surface area contributed by atoms with Crippen molar-refractivity contribution in [2.75, 3.05) is 42.9 Å². The lowest BCUT2D eigenvalue weighted by molar-refractivity contribution is -0.170. The summed E-state index contributed by atoms with van der Waals surface area (Å²) >= 11 is 0. The highest BCUT2D eigenvalue weighted by atomic mass is 16.4. The molecular formula is C29H34N6O9. The number of H-pyrrole nitrogens is 1. The molecule has 1 saturated heterocycles. The van der Waals surface area contributed by atoms with E-state index in [-0.39, 0.29) is 11.0 Å². The molecule has 3 aromatic rings. The first kappa shape index (κ1) is 33.5. The number of aliphatic carboxylic acids is 3. The number of rotatable bonds is 8. The van der Waals surface area contributed by atoms with Gasteiger partial charge < -0.3 is 41.1 Å². The summed E-state index contributed by atoms with van der Waals surface area (Å²) in [5.74, 6) is -4.09.